The van der Waals surface area contributed by atoms with Crippen LogP contribution in [0, 0.1) is 6.92 Å². The van der Waals surface area contributed by atoms with Crippen LogP contribution in [0.15, 0.2) is 12.1 Å². The Morgan fingerprint density at radius 1 is 1.26 bits per heavy atom. The van der Waals surface area contributed by atoms with Gasteiger partial charge in [-0.25, -0.2) is 0 Å². The molecule has 1 aromatic rings. The van der Waals surface area contributed by atoms with Crippen LogP contribution in [0.1, 0.15) is 5.56 Å². The normalized spacial score (nSPS) is 19.2. The summed E-state index contributed by atoms with van der Waals surface area (Å²) in [4.78, 5) is 15.8. The first kappa shape index (κ1) is 12.3. The molecule has 2 aliphatic rings. The summed E-state index contributed by atoms with van der Waals surface area (Å²) in [7, 11) is 1.81. The van der Waals surface area contributed by atoms with Gasteiger partial charge in [-0.05, 0) is 24.6 Å². The van der Waals surface area contributed by atoms with Crippen molar-refractivity contribution in [2.75, 3.05) is 49.6 Å². The minimum absolute atomic E-state index is 0.00404. The second-order valence-electron chi connectivity index (χ2n) is 5.09. The SMILES string of the molecule is Cc1cc(N2CCNCC2)cc2c1OCC(=O)N2C. The van der Waals surface area contributed by atoms with Crippen molar-refractivity contribution >= 4 is 17.3 Å². The monoisotopic (exact) mass is 261 g/mol. The van der Waals surface area contributed by atoms with E-state index in [2.05, 4.69) is 22.3 Å². The van der Waals surface area contributed by atoms with Crippen LogP contribution >= 0.6 is 0 Å². The number of ether oxygens (including phenoxy) is 1. The summed E-state index contributed by atoms with van der Waals surface area (Å²) in [6.07, 6.45) is 0. The predicted molar refractivity (Wildman–Crippen MR) is 75.2 cm³/mol. The number of hydrogen-bond donors (Lipinski definition) is 1. The number of rotatable bonds is 1. The van der Waals surface area contributed by atoms with Crippen molar-refractivity contribution in [3.05, 3.63) is 17.7 Å². The van der Waals surface area contributed by atoms with Gasteiger partial charge in [0, 0.05) is 38.9 Å². The quantitative estimate of drug-likeness (QED) is 0.810. The van der Waals surface area contributed by atoms with Crippen LogP contribution in [0.3, 0.4) is 0 Å². The summed E-state index contributed by atoms with van der Waals surface area (Å²) < 4.78 is 5.56. The highest BCUT2D eigenvalue weighted by Crippen LogP contribution is 2.38. The van der Waals surface area contributed by atoms with Crippen LogP contribution in [-0.2, 0) is 4.79 Å². The summed E-state index contributed by atoms with van der Waals surface area (Å²) in [5.74, 6) is 0.838. The number of hydrogen-bond acceptors (Lipinski definition) is 4. The number of fused-ring (bicyclic) bond motifs is 1. The topological polar surface area (TPSA) is 44.8 Å². The van der Waals surface area contributed by atoms with Crippen LogP contribution in [0.25, 0.3) is 0 Å². The molecule has 0 saturated carbocycles. The summed E-state index contributed by atoms with van der Waals surface area (Å²) >= 11 is 0. The Morgan fingerprint density at radius 2 is 2.00 bits per heavy atom. The fourth-order valence-corrected chi connectivity index (χ4v) is 2.64. The minimum Gasteiger partial charge on any atom is -0.481 e. The van der Waals surface area contributed by atoms with Gasteiger partial charge in [0.05, 0.1) is 5.69 Å². The molecule has 1 N–H and O–H groups in total. The van der Waals surface area contributed by atoms with E-state index in [0.29, 0.717) is 0 Å². The van der Waals surface area contributed by atoms with E-state index < -0.39 is 0 Å². The highest BCUT2D eigenvalue weighted by molar-refractivity contribution is 5.98. The average molecular weight is 261 g/mol. The number of nitrogens with one attached hydrogen (secondary N) is 1. The maximum atomic E-state index is 11.7. The first-order chi connectivity index (χ1) is 9.16. The number of piperazine rings is 1. The van der Waals surface area contributed by atoms with E-state index in [0.717, 1.165) is 43.2 Å². The Kier molecular flexibility index (Phi) is 3.06. The molecular weight excluding hydrogens is 242 g/mol. The maximum absolute atomic E-state index is 11.7. The molecule has 5 nitrogen and oxygen atoms in total. The van der Waals surface area contributed by atoms with Gasteiger partial charge >= 0.3 is 0 Å². The number of carbonyl (C=O) groups is 1. The molecule has 3 rings (SSSR count). The van der Waals surface area contributed by atoms with E-state index in [1.54, 1.807) is 4.90 Å². The van der Waals surface area contributed by atoms with Gasteiger partial charge in [0.15, 0.2) is 6.61 Å². The lowest BCUT2D eigenvalue weighted by molar-refractivity contribution is -0.120. The van der Waals surface area contributed by atoms with Crippen molar-refractivity contribution in [3.63, 3.8) is 0 Å². The molecule has 0 unspecified atom stereocenters. The molecule has 1 amide bonds. The maximum Gasteiger partial charge on any atom is 0.264 e. The molecule has 1 saturated heterocycles. The molecule has 0 bridgehead atoms. The molecular formula is C14H19N3O2. The van der Waals surface area contributed by atoms with E-state index in [-0.39, 0.29) is 12.5 Å². The highest BCUT2D eigenvalue weighted by atomic mass is 16.5. The van der Waals surface area contributed by atoms with Crippen LogP contribution in [-0.4, -0.2) is 45.7 Å². The largest absolute Gasteiger partial charge is 0.481 e. The lowest BCUT2D eigenvalue weighted by Gasteiger charge is -2.33. The first-order valence-corrected chi connectivity index (χ1v) is 6.66. The molecule has 102 valence electrons. The van der Waals surface area contributed by atoms with Gasteiger partial charge in [-0.1, -0.05) is 0 Å². The molecule has 0 atom stereocenters. The lowest BCUT2D eigenvalue weighted by atomic mass is 10.1. The van der Waals surface area contributed by atoms with Crippen molar-refractivity contribution in [2.45, 2.75) is 6.92 Å². The Hall–Kier alpha value is -1.75. The van der Waals surface area contributed by atoms with Crippen LogP contribution in [0.4, 0.5) is 11.4 Å². The zero-order valence-electron chi connectivity index (χ0n) is 11.4. The third kappa shape index (κ3) is 2.14. The lowest BCUT2D eigenvalue weighted by Crippen LogP contribution is -2.43. The summed E-state index contributed by atoms with van der Waals surface area (Å²) in [6, 6.07) is 4.21. The van der Waals surface area contributed by atoms with Crippen molar-refractivity contribution < 1.29 is 9.53 Å². The Labute approximate surface area is 113 Å². The van der Waals surface area contributed by atoms with Gasteiger partial charge in [0.25, 0.3) is 5.91 Å². The fourth-order valence-electron chi connectivity index (χ4n) is 2.64. The molecule has 1 aromatic carbocycles. The third-order valence-corrected chi connectivity index (χ3v) is 3.80. The van der Waals surface area contributed by atoms with Crippen molar-refractivity contribution in [1.82, 2.24) is 5.32 Å². The second kappa shape index (κ2) is 4.74. The van der Waals surface area contributed by atoms with E-state index >= 15 is 0 Å². The van der Waals surface area contributed by atoms with Crippen LogP contribution in [0.2, 0.25) is 0 Å². The summed E-state index contributed by atoms with van der Waals surface area (Å²) in [5, 5.41) is 3.35. The predicted octanol–water partition coefficient (Wildman–Crippen LogP) is 0.760. The number of benzene rings is 1. The molecule has 0 spiro atoms. The number of carbonyl (C=O) groups excluding carboxylic acids is 1. The minimum atomic E-state index is 0.00404. The van der Waals surface area contributed by atoms with Gasteiger partial charge in [-0.3, -0.25) is 4.79 Å². The number of aryl methyl sites for hydroxylation is 1. The summed E-state index contributed by atoms with van der Waals surface area (Å²) in [5.41, 5.74) is 3.14. The molecule has 0 aromatic heterocycles. The number of anilines is 2. The van der Waals surface area contributed by atoms with E-state index in [1.807, 2.05) is 14.0 Å². The van der Waals surface area contributed by atoms with Crippen molar-refractivity contribution in [2.24, 2.45) is 0 Å². The molecule has 5 heteroatoms. The zero-order valence-corrected chi connectivity index (χ0v) is 11.4. The summed E-state index contributed by atoms with van der Waals surface area (Å²) in [6.45, 7) is 6.17. The van der Waals surface area contributed by atoms with E-state index in [9.17, 15) is 4.79 Å². The van der Waals surface area contributed by atoms with Crippen molar-refractivity contribution in [1.29, 1.82) is 0 Å². The number of amides is 1. The Balaban J connectivity index is 1.99. The standard InChI is InChI=1S/C14H19N3O2/c1-10-7-11(17-5-3-15-4-6-17)8-12-14(10)19-9-13(18)16(12)2/h7-8,15H,3-6,9H2,1-2H3. The van der Waals surface area contributed by atoms with E-state index in [4.69, 9.17) is 4.74 Å². The van der Waals surface area contributed by atoms with Crippen molar-refractivity contribution in [3.8, 4) is 5.75 Å². The fraction of sp³-hybridized carbons (Fsp3) is 0.500. The zero-order chi connectivity index (χ0) is 13.4. The second-order valence-corrected chi connectivity index (χ2v) is 5.09. The Morgan fingerprint density at radius 3 is 2.74 bits per heavy atom. The highest BCUT2D eigenvalue weighted by Gasteiger charge is 2.25. The number of likely N-dealkylation sites (N-methyl/N-ethyl adjacent to an activating group) is 1. The first-order valence-electron chi connectivity index (χ1n) is 6.66. The molecule has 2 aliphatic heterocycles. The smallest absolute Gasteiger partial charge is 0.264 e. The Bertz CT molecular complexity index is 510. The van der Waals surface area contributed by atoms with Gasteiger partial charge < -0.3 is 19.9 Å². The van der Waals surface area contributed by atoms with Crippen LogP contribution in [0.5, 0.6) is 5.75 Å². The molecule has 1 fully saturated rings. The van der Waals surface area contributed by atoms with E-state index in [1.165, 1.54) is 5.69 Å². The third-order valence-electron chi connectivity index (χ3n) is 3.80. The molecule has 19 heavy (non-hydrogen) atoms. The number of nitrogens with zero attached hydrogens (tertiary/aromatic N) is 2. The molecule has 0 radical (unpaired) electrons. The van der Waals surface area contributed by atoms with Gasteiger partial charge in [-0.15, -0.1) is 0 Å². The van der Waals surface area contributed by atoms with Gasteiger partial charge in [0.1, 0.15) is 5.75 Å². The molecule has 2 heterocycles. The van der Waals surface area contributed by atoms with Crippen LogP contribution < -0.4 is 19.9 Å². The van der Waals surface area contributed by atoms with Gasteiger partial charge in [-0.2, -0.15) is 0 Å². The van der Waals surface area contributed by atoms with Gasteiger partial charge in [0.2, 0.25) is 0 Å². The average Bonchev–Trinajstić information content (AvgIpc) is 2.44. The molecule has 0 aliphatic carbocycles.